The summed E-state index contributed by atoms with van der Waals surface area (Å²) in [6.07, 6.45) is 1.98. The van der Waals surface area contributed by atoms with Gasteiger partial charge in [-0.1, -0.05) is 78.9 Å². The SMILES string of the molecule is O=C(c1ccccc1)c1cn(Cc2ccccc2)c2ccccc12. The molecule has 0 saturated carbocycles. The van der Waals surface area contributed by atoms with Crippen LogP contribution in [0.1, 0.15) is 21.5 Å². The summed E-state index contributed by atoms with van der Waals surface area (Å²) in [6, 6.07) is 27.8. The second kappa shape index (κ2) is 6.17. The molecule has 1 aromatic heterocycles. The summed E-state index contributed by atoms with van der Waals surface area (Å²) in [6.45, 7) is 0.753. The van der Waals surface area contributed by atoms with Gasteiger partial charge in [0.2, 0.25) is 0 Å². The van der Waals surface area contributed by atoms with Gasteiger partial charge < -0.3 is 4.57 Å². The van der Waals surface area contributed by atoms with Crippen molar-refractivity contribution in [2.24, 2.45) is 0 Å². The van der Waals surface area contributed by atoms with Crippen LogP contribution < -0.4 is 0 Å². The van der Waals surface area contributed by atoms with E-state index >= 15 is 0 Å². The third-order valence-electron chi connectivity index (χ3n) is 4.26. The molecule has 2 nitrogen and oxygen atoms in total. The van der Waals surface area contributed by atoms with E-state index in [2.05, 4.69) is 22.8 Å². The molecular weight excluding hydrogens is 294 g/mol. The van der Waals surface area contributed by atoms with E-state index in [4.69, 9.17) is 0 Å². The summed E-state index contributed by atoms with van der Waals surface area (Å²) < 4.78 is 2.15. The number of ketones is 1. The fourth-order valence-electron chi connectivity index (χ4n) is 3.08. The van der Waals surface area contributed by atoms with Gasteiger partial charge in [0.05, 0.1) is 0 Å². The van der Waals surface area contributed by atoms with E-state index in [0.717, 1.165) is 28.6 Å². The van der Waals surface area contributed by atoms with E-state index < -0.39 is 0 Å². The minimum atomic E-state index is 0.0682. The highest BCUT2D eigenvalue weighted by Crippen LogP contribution is 2.24. The molecule has 24 heavy (non-hydrogen) atoms. The zero-order valence-corrected chi connectivity index (χ0v) is 13.2. The quantitative estimate of drug-likeness (QED) is 0.490. The minimum Gasteiger partial charge on any atom is -0.342 e. The molecule has 116 valence electrons. The van der Waals surface area contributed by atoms with Crippen molar-refractivity contribution < 1.29 is 4.79 Å². The summed E-state index contributed by atoms with van der Waals surface area (Å²) in [5.74, 6) is 0.0682. The summed E-state index contributed by atoms with van der Waals surface area (Å²) in [7, 11) is 0. The molecule has 2 heteroatoms. The van der Waals surface area contributed by atoms with Crippen molar-refractivity contribution >= 4 is 16.7 Å². The third kappa shape index (κ3) is 2.63. The first-order chi connectivity index (χ1) is 11.8. The lowest BCUT2D eigenvalue weighted by Gasteiger charge is -2.05. The van der Waals surface area contributed by atoms with Crippen molar-refractivity contribution in [2.45, 2.75) is 6.54 Å². The zero-order chi connectivity index (χ0) is 16.4. The number of carbonyl (C=O) groups is 1. The number of para-hydroxylation sites is 1. The van der Waals surface area contributed by atoms with Gasteiger partial charge in [-0.2, -0.15) is 0 Å². The Hall–Kier alpha value is -3.13. The number of hydrogen-bond donors (Lipinski definition) is 0. The van der Waals surface area contributed by atoms with Crippen molar-refractivity contribution in [2.75, 3.05) is 0 Å². The Labute approximate surface area is 141 Å². The number of fused-ring (bicyclic) bond motifs is 1. The third-order valence-corrected chi connectivity index (χ3v) is 4.26. The van der Waals surface area contributed by atoms with Crippen molar-refractivity contribution in [3.8, 4) is 0 Å². The van der Waals surface area contributed by atoms with Crippen LogP contribution >= 0.6 is 0 Å². The molecule has 0 N–H and O–H groups in total. The number of hydrogen-bond acceptors (Lipinski definition) is 1. The standard InChI is InChI=1S/C22H17NO/c24-22(18-11-5-2-6-12-18)20-16-23(15-17-9-3-1-4-10-17)21-14-8-7-13-19(20)21/h1-14,16H,15H2. The van der Waals surface area contributed by atoms with Crippen LogP contribution in [0.3, 0.4) is 0 Å². The molecule has 0 aliphatic heterocycles. The van der Waals surface area contributed by atoms with Gasteiger partial charge in [0.15, 0.2) is 5.78 Å². The predicted octanol–water partition coefficient (Wildman–Crippen LogP) is 4.92. The van der Waals surface area contributed by atoms with Crippen LogP contribution in [0.2, 0.25) is 0 Å². The van der Waals surface area contributed by atoms with E-state index in [1.807, 2.05) is 72.9 Å². The average Bonchev–Trinajstić information content (AvgIpc) is 3.01. The van der Waals surface area contributed by atoms with E-state index in [-0.39, 0.29) is 5.78 Å². The predicted molar refractivity (Wildman–Crippen MR) is 97.4 cm³/mol. The van der Waals surface area contributed by atoms with Crippen LogP contribution in [0.25, 0.3) is 10.9 Å². The summed E-state index contributed by atoms with van der Waals surface area (Å²) in [5, 5.41) is 1.00. The Morgan fingerprint density at radius 3 is 2.12 bits per heavy atom. The van der Waals surface area contributed by atoms with Gasteiger partial charge in [0, 0.05) is 34.8 Å². The number of benzene rings is 3. The molecule has 0 saturated heterocycles. The van der Waals surface area contributed by atoms with Crippen LogP contribution in [0.15, 0.2) is 91.1 Å². The fraction of sp³-hybridized carbons (Fsp3) is 0.0455. The first-order valence-corrected chi connectivity index (χ1v) is 8.04. The molecule has 0 fully saturated rings. The Bertz CT molecular complexity index is 984. The first-order valence-electron chi connectivity index (χ1n) is 8.04. The van der Waals surface area contributed by atoms with Crippen molar-refractivity contribution in [3.63, 3.8) is 0 Å². The Kier molecular flexibility index (Phi) is 3.72. The summed E-state index contributed by atoms with van der Waals surface area (Å²) >= 11 is 0. The highest BCUT2D eigenvalue weighted by atomic mass is 16.1. The van der Waals surface area contributed by atoms with Gasteiger partial charge >= 0.3 is 0 Å². The van der Waals surface area contributed by atoms with Gasteiger partial charge in [-0.3, -0.25) is 4.79 Å². The first kappa shape index (κ1) is 14.5. The largest absolute Gasteiger partial charge is 0.342 e. The van der Waals surface area contributed by atoms with Gasteiger partial charge in [-0.15, -0.1) is 0 Å². The van der Waals surface area contributed by atoms with Gasteiger partial charge in [-0.25, -0.2) is 0 Å². The van der Waals surface area contributed by atoms with Crippen molar-refractivity contribution in [3.05, 3.63) is 108 Å². The topological polar surface area (TPSA) is 22.0 Å². The highest BCUT2D eigenvalue weighted by Gasteiger charge is 2.16. The van der Waals surface area contributed by atoms with Crippen molar-refractivity contribution in [1.29, 1.82) is 0 Å². The number of aromatic nitrogens is 1. The Morgan fingerprint density at radius 1 is 0.750 bits per heavy atom. The maximum absolute atomic E-state index is 12.9. The Balaban J connectivity index is 1.81. The molecule has 4 aromatic rings. The average molecular weight is 311 g/mol. The van der Waals surface area contributed by atoms with Gasteiger partial charge in [0.1, 0.15) is 0 Å². The fourth-order valence-corrected chi connectivity index (χ4v) is 3.08. The smallest absolute Gasteiger partial charge is 0.195 e. The molecule has 0 atom stereocenters. The lowest BCUT2D eigenvalue weighted by molar-refractivity contribution is 0.104. The molecule has 0 radical (unpaired) electrons. The number of rotatable bonds is 4. The molecule has 0 bridgehead atoms. The van der Waals surface area contributed by atoms with Gasteiger partial charge in [0.25, 0.3) is 0 Å². The van der Waals surface area contributed by atoms with Crippen LogP contribution in [-0.4, -0.2) is 10.4 Å². The Morgan fingerprint density at radius 2 is 1.38 bits per heavy atom. The van der Waals surface area contributed by atoms with E-state index in [0.29, 0.717) is 0 Å². The maximum atomic E-state index is 12.9. The number of nitrogens with zero attached hydrogens (tertiary/aromatic N) is 1. The van der Waals surface area contributed by atoms with Crippen LogP contribution in [-0.2, 0) is 6.54 Å². The molecule has 4 rings (SSSR count). The van der Waals surface area contributed by atoms with Crippen LogP contribution in [0.4, 0.5) is 0 Å². The molecule has 0 spiro atoms. The molecular formula is C22H17NO. The lowest BCUT2D eigenvalue weighted by Crippen LogP contribution is -2.01. The highest BCUT2D eigenvalue weighted by molar-refractivity contribution is 6.16. The molecule has 0 unspecified atom stereocenters. The molecule has 1 heterocycles. The number of carbonyl (C=O) groups excluding carboxylic acids is 1. The second-order valence-electron chi connectivity index (χ2n) is 5.87. The summed E-state index contributed by atoms with van der Waals surface area (Å²) in [5.41, 5.74) is 3.78. The van der Waals surface area contributed by atoms with Crippen molar-refractivity contribution in [1.82, 2.24) is 4.57 Å². The minimum absolute atomic E-state index is 0.0682. The van der Waals surface area contributed by atoms with Gasteiger partial charge in [-0.05, 0) is 11.6 Å². The molecule has 0 aliphatic carbocycles. The molecule has 0 aliphatic rings. The maximum Gasteiger partial charge on any atom is 0.195 e. The van der Waals surface area contributed by atoms with Crippen LogP contribution in [0, 0.1) is 0 Å². The molecule has 3 aromatic carbocycles. The normalized spacial score (nSPS) is 10.8. The van der Waals surface area contributed by atoms with E-state index in [1.165, 1.54) is 5.56 Å². The van der Waals surface area contributed by atoms with E-state index in [9.17, 15) is 4.79 Å². The van der Waals surface area contributed by atoms with E-state index in [1.54, 1.807) is 0 Å². The molecule has 0 amide bonds. The lowest BCUT2D eigenvalue weighted by atomic mass is 10.0. The second-order valence-corrected chi connectivity index (χ2v) is 5.87. The summed E-state index contributed by atoms with van der Waals surface area (Å²) in [4.78, 5) is 12.9. The monoisotopic (exact) mass is 311 g/mol. The van der Waals surface area contributed by atoms with Crippen LogP contribution in [0.5, 0.6) is 0 Å². The zero-order valence-electron chi connectivity index (χ0n) is 13.2.